The lowest BCUT2D eigenvalue weighted by Gasteiger charge is -2.17. The molecule has 0 radical (unpaired) electrons. The first-order valence-electron chi connectivity index (χ1n) is 9.70. The van der Waals surface area contributed by atoms with Gasteiger partial charge in [0.25, 0.3) is 0 Å². The second-order valence-corrected chi connectivity index (χ2v) is 9.21. The van der Waals surface area contributed by atoms with E-state index in [-0.39, 0.29) is 50.2 Å². The predicted octanol–water partition coefficient (Wildman–Crippen LogP) is 2.62. The summed E-state index contributed by atoms with van der Waals surface area (Å²) in [5.74, 6) is -1.59. The monoisotopic (exact) mass is 479 g/mol. The van der Waals surface area contributed by atoms with Gasteiger partial charge in [-0.3, -0.25) is 9.25 Å². The van der Waals surface area contributed by atoms with Crippen LogP contribution in [0.3, 0.4) is 0 Å². The molecule has 1 rings (SSSR count). The van der Waals surface area contributed by atoms with Crippen LogP contribution in [0, 0.1) is 5.92 Å². The van der Waals surface area contributed by atoms with Crippen molar-refractivity contribution in [2.75, 3.05) is 13.2 Å². The molecule has 1 aromatic rings. The minimum absolute atomic E-state index is 0.0561. The quantitative estimate of drug-likeness (QED) is 0.178. The second kappa shape index (κ2) is 12.0. The Morgan fingerprint density at radius 1 is 1.16 bits per heavy atom. The number of alkyl halides is 2. The number of hydrogen-bond donors (Lipinski definition) is 2. The van der Waals surface area contributed by atoms with Gasteiger partial charge in [-0.25, -0.2) is 9.59 Å². The van der Waals surface area contributed by atoms with Crippen LogP contribution in [0.5, 0.6) is 0 Å². The SMILES string of the molecule is C=C(C)C(=O)OCC(COC(=O)C(=C)C)Cc1cn(CCCCC(F)(F)P(=O)(O)O)nn1. The minimum atomic E-state index is -5.48. The molecule has 0 amide bonds. The zero-order valence-electron chi connectivity index (χ0n) is 18.0. The van der Waals surface area contributed by atoms with Crippen LogP contribution in [0.2, 0.25) is 0 Å². The molecule has 2 N–H and O–H groups in total. The van der Waals surface area contributed by atoms with Crippen LogP contribution in [-0.2, 0) is 36.6 Å². The largest absolute Gasteiger partial charge is 0.462 e. The van der Waals surface area contributed by atoms with E-state index < -0.39 is 37.5 Å². The van der Waals surface area contributed by atoms with E-state index in [4.69, 9.17) is 19.3 Å². The fourth-order valence-corrected chi connectivity index (χ4v) is 2.84. The Morgan fingerprint density at radius 2 is 1.69 bits per heavy atom. The van der Waals surface area contributed by atoms with Gasteiger partial charge in [-0.15, -0.1) is 5.10 Å². The summed E-state index contributed by atoms with van der Waals surface area (Å²) in [6, 6.07) is 0. The topological polar surface area (TPSA) is 141 Å². The Balaban J connectivity index is 2.63. The predicted molar refractivity (Wildman–Crippen MR) is 110 cm³/mol. The molecule has 0 bridgehead atoms. The molecular formula is C19H28F2N3O7P. The molecule has 0 aliphatic heterocycles. The maximum atomic E-state index is 13.3. The van der Waals surface area contributed by atoms with Crippen molar-refractivity contribution in [2.45, 2.75) is 51.7 Å². The first-order valence-corrected chi connectivity index (χ1v) is 11.3. The van der Waals surface area contributed by atoms with Gasteiger partial charge in [-0.2, -0.15) is 8.78 Å². The number of carbonyl (C=O) groups is 2. The first-order chi connectivity index (χ1) is 14.7. The fourth-order valence-electron chi connectivity index (χ4n) is 2.39. The minimum Gasteiger partial charge on any atom is -0.462 e. The number of aromatic nitrogens is 3. The molecule has 0 fully saturated rings. The van der Waals surface area contributed by atoms with E-state index in [2.05, 4.69) is 23.5 Å². The molecule has 1 heterocycles. The van der Waals surface area contributed by atoms with Gasteiger partial charge in [0.2, 0.25) is 0 Å². The lowest BCUT2D eigenvalue weighted by atomic mass is 10.1. The van der Waals surface area contributed by atoms with Crippen molar-refractivity contribution in [1.29, 1.82) is 0 Å². The van der Waals surface area contributed by atoms with E-state index in [0.29, 0.717) is 5.69 Å². The third-order valence-electron chi connectivity index (χ3n) is 4.22. The van der Waals surface area contributed by atoms with Gasteiger partial charge in [-0.05, 0) is 26.7 Å². The number of halogens is 2. The number of carbonyl (C=O) groups excluding carboxylic acids is 2. The normalized spacial score (nSPS) is 12.0. The molecule has 0 atom stereocenters. The van der Waals surface area contributed by atoms with Crippen LogP contribution in [-0.4, -0.2) is 55.6 Å². The van der Waals surface area contributed by atoms with Crippen molar-refractivity contribution < 1.29 is 42.2 Å². The molecule has 1 aromatic heterocycles. The molecule has 0 spiro atoms. The Labute approximate surface area is 184 Å². The van der Waals surface area contributed by atoms with E-state index in [1.807, 2.05) is 0 Å². The highest BCUT2D eigenvalue weighted by Gasteiger charge is 2.47. The van der Waals surface area contributed by atoms with Gasteiger partial charge in [0.1, 0.15) is 0 Å². The van der Waals surface area contributed by atoms with Crippen molar-refractivity contribution in [3.63, 3.8) is 0 Å². The summed E-state index contributed by atoms with van der Waals surface area (Å²) in [4.78, 5) is 40.6. The number of aryl methyl sites for hydroxylation is 1. The number of rotatable bonds is 14. The third kappa shape index (κ3) is 9.37. The Hall–Kier alpha value is -2.43. The van der Waals surface area contributed by atoms with E-state index >= 15 is 0 Å². The van der Waals surface area contributed by atoms with Gasteiger partial charge < -0.3 is 19.3 Å². The summed E-state index contributed by atoms with van der Waals surface area (Å²) >= 11 is 0. The van der Waals surface area contributed by atoms with Gasteiger partial charge in [0, 0.05) is 42.6 Å². The molecule has 0 saturated carbocycles. The third-order valence-corrected chi connectivity index (χ3v) is 5.30. The maximum absolute atomic E-state index is 13.3. The highest BCUT2D eigenvalue weighted by Crippen LogP contribution is 2.55. The molecule has 180 valence electrons. The molecule has 10 nitrogen and oxygen atoms in total. The van der Waals surface area contributed by atoms with Crippen molar-refractivity contribution in [1.82, 2.24) is 15.0 Å². The summed E-state index contributed by atoms with van der Waals surface area (Å²) in [6.45, 7) is 10.1. The van der Waals surface area contributed by atoms with Crippen LogP contribution >= 0.6 is 7.60 Å². The van der Waals surface area contributed by atoms with E-state index in [1.54, 1.807) is 6.20 Å². The zero-order valence-corrected chi connectivity index (χ0v) is 18.9. The summed E-state index contributed by atoms with van der Waals surface area (Å²) in [7, 11) is -5.48. The van der Waals surface area contributed by atoms with Gasteiger partial charge >= 0.3 is 25.2 Å². The molecule has 13 heteroatoms. The molecule has 32 heavy (non-hydrogen) atoms. The summed E-state index contributed by atoms with van der Waals surface area (Å²) in [5.41, 5.74) is -3.12. The Kier molecular flexibility index (Phi) is 10.3. The number of hydrogen-bond acceptors (Lipinski definition) is 7. The van der Waals surface area contributed by atoms with Gasteiger partial charge in [-0.1, -0.05) is 18.4 Å². The van der Waals surface area contributed by atoms with Gasteiger partial charge in [0.05, 0.1) is 18.9 Å². The van der Waals surface area contributed by atoms with Crippen molar-refractivity contribution >= 4 is 19.5 Å². The summed E-state index contributed by atoms with van der Waals surface area (Å²) in [6.07, 6.45) is 0.958. The van der Waals surface area contributed by atoms with Gasteiger partial charge in [0.15, 0.2) is 0 Å². The number of nitrogens with zero attached hydrogens (tertiary/aromatic N) is 3. The van der Waals surface area contributed by atoms with Crippen LogP contribution in [0.1, 0.15) is 38.8 Å². The average molecular weight is 479 g/mol. The first kappa shape index (κ1) is 27.6. The van der Waals surface area contributed by atoms with Crippen LogP contribution < -0.4 is 0 Å². The highest BCUT2D eigenvalue weighted by atomic mass is 31.2. The molecular weight excluding hydrogens is 451 g/mol. The van der Waals surface area contributed by atoms with E-state index in [0.717, 1.165) is 0 Å². The average Bonchev–Trinajstić information content (AvgIpc) is 3.12. The number of ether oxygens (including phenoxy) is 2. The van der Waals surface area contributed by atoms with E-state index in [1.165, 1.54) is 18.5 Å². The molecule has 0 aliphatic rings. The zero-order chi connectivity index (χ0) is 24.5. The highest BCUT2D eigenvalue weighted by molar-refractivity contribution is 7.53. The van der Waals surface area contributed by atoms with Crippen molar-refractivity contribution in [3.05, 3.63) is 36.2 Å². The summed E-state index contributed by atoms with van der Waals surface area (Å²) < 4.78 is 49.0. The van der Waals surface area contributed by atoms with Crippen LogP contribution in [0.15, 0.2) is 30.5 Å². The number of unbranched alkanes of at least 4 members (excludes halogenated alkanes) is 1. The second-order valence-electron chi connectivity index (χ2n) is 7.47. The molecule has 0 unspecified atom stereocenters. The maximum Gasteiger partial charge on any atom is 0.394 e. The smallest absolute Gasteiger partial charge is 0.394 e. The van der Waals surface area contributed by atoms with Crippen LogP contribution in [0.4, 0.5) is 8.78 Å². The molecule has 0 aromatic carbocycles. The Morgan fingerprint density at radius 3 is 2.16 bits per heavy atom. The molecule has 0 saturated heterocycles. The van der Waals surface area contributed by atoms with Crippen molar-refractivity contribution in [2.24, 2.45) is 5.92 Å². The van der Waals surface area contributed by atoms with Crippen LogP contribution in [0.25, 0.3) is 0 Å². The lowest BCUT2D eigenvalue weighted by Crippen LogP contribution is -2.23. The number of esters is 2. The van der Waals surface area contributed by atoms with E-state index in [9.17, 15) is 22.9 Å². The fraction of sp³-hybridized carbons (Fsp3) is 0.579. The standard InChI is InChI=1S/C19H28F2N3O7P/c1-13(2)17(25)30-11-15(12-31-18(26)14(3)4)9-16-10-24(23-22-16)8-6-5-7-19(20,21)32(27,28)29/h10,15H,1,3,5-9,11-12H2,2,4H3,(H2,27,28,29). The Bertz CT molecular complexity index is 852. The summed E-state index contributed by atoms with van der Waals surface area (Å²) in [5, 5.41) is 7.85. The lowest BCUT2D eigenvalue weighted by molar-refractivity contribution is -0.144. The molecule has 0 aliphatic carbocycles. The van der Waals surface area contributed by atoms with Crippen molar-refractivity contribution in [3.8, 4) is 0 Å².